The van der Waals surface area contributed by atoms with Gasteiger partial charge >= 0.3 is 0 Å². The zero-order chi connectivity index (χ0) is 14.8. The molecule has 3 aromatic rings. The van der Waals surface area contributed by atoms with Crippen LogP contribution in [0.5, 0.6) is 0 Å². The Kier molecular flexibility index (Phi) is 3.03. The first kappa shape index (κ1) is 12.7. The van der Waals surface area contributed by atoms with Crippen LogP contribution in [0.15, 0.2) is 28.9 Å². The fourth-order valence-corrected chi connectivity index (χ4v) is 1.75. The Morgan fingerprint density at radius 1 is 1.38 bits per heavy atom. The van der Waals surface area contributed by atoms with Crippen molar-refractivity contribution in [2.24, 2.45) is 7.05 Å². The average molecular weight is 286 g/mol. The van der Waals surface area contributed by atoms with E-state index in [4.69, 9.17) is 5.73 Å². The van der Waals surface area contributed by atoms with Crippen LogP contribution in [0, 0.1) is 0 Å². The van der Waals surface area contributed by atoms with Gasteiger partial charge < -0.3 is 11.1 Å². The highest BCUT2D eigenvalue weighted by atomic mass is 16.6. The molecule has 0 atom stereocenters. The number of aromatic nitrogens is 6. The summed E-state index contributed by atoms with van der Waals surface area (Å²) in [6, 6.07) is 7.04. The lowest BCUT2D eigenvalue weighted by atomic mass is 10.2. The van der Waals surface area contributed by atoms with Gasteiger partial charge in [0.1, 0.15) is 0 Å². The maximum absolute atomic E-state index is 12.0. The quantitative estimate of drug-likeness (QED) is 0.691. The van der Waals surface area contributed by atoms with E-state index in [9.17, 15) is 4.79 Å². The predicted octanol–water partition coefficient (Wildman–Crippen LogP) is 0.0946. The first-order chi connectivity index (χ1) is 10.1. The minimum Gasteiger partial charge on any atom is -0.379 e. The van der Waals surface area contributed by atoms with Crippen molar-refractivity contribution in [1.29, 1.82) is 0 Å². The van der Waals surface area contributed by atoms with Crippen LogP contribution in [0.2, 0.25) is 0 Å². The predicted molar refractivity (Wildman–Crippen MR) is 70.9 cm³/mol. The van der Waals surface area contributed by atoms with Gasteiger partial charge in [0.2, 0.25) is 11.5 Å². The van der Waals surface area contributed by atoms with Gasteiger partial charge in [0.15, 0.2) is 5.82 Å². The first-order valence-corrected chi connectivity index (χ1v) is 5.87. The Bertz CT molecular complexity index is 793. The normalized spacial score (nSPS) is 10.5. The summed E-state index contributed by atoms with van der Waals surface area (Å²) in [5.74, 6) is -0.00291. The maximum atomic E-state index is 12.0. The van der Waals surface area contributed by atoms with E-state index < -0.39 is 5.91 Å². The largest absolute Gasteiger partial charge is 0.379 e. The third-order valence-electron chi connectivity index (χ3n) is 2.73. The Labute approximate surface area is 117 Å². The lowest BCUT2D eigenvalue weighted by Crippen LogP contribution is -2.14. The van der Waals surface area contributed by atoms with E-state index in [2.05, 4.69) is 35.8 Å². The summed E-state index contributed by atoms with van der Waals surface area (Å²) < 4.78 is 5.92. The minimum absolute atomic E-state index is 0.0684. The van der Waals surface area contributed by atoms with Crippen LogP contribution in [0.3, 0.4) is 0 Å². The molecule has 0 aliphatic heterocycles. The van der Waals surface area contributed by atoms with Crippen LogP contribution in [0.25, 0.3) is 11.4 Å². The summed E-state index contributed by atoms with van der Waals surface area (Å²) in [6.07, 6.45) is 0. The lowest BCUT2D eigenvalue weighted by Gasteiger charge is -2.05. The van der Waals surface area contributed by atoms with E-state index in [-0.39, 0.29) is 11.5 Å². The number of hydrogen-bond acceptors (Lipinski definition) is 8. The van der Waals surface area contributed by atoms with E-state index in [0.717, 1.165) is 5.56 Å². The van der Waals surface area contributed by atoms with Gasteiger partial charge in [-0.25, -0.2) is 9.31 Å². The number of anilines is 2. The van der Waals surface area contributed by atoms with Crippen molar-refractivity contribution in [1.82, 2.24) is 30.5 Å². The highest BCUT2D eigenvalue weighted by Crippen LogP contribution is 2.20. The SMILES string of the molecule is Cn1nnnc1-c1cccc(NC(=O)c2nonc2N)c1. The Hall–Kier alpha value is -3.30. The molecule has 0 radical (unpaired) electrons. The van der Waals surface area contributed by atoms with Crippen molar-refractivity contribution >= 4 is 17.4 Å². The van der Waals surface area contributed by atoms with Gasteiger partial charge in [-0.2, -0.15) is 0 Å². The van der Waals surface area contributed by atoms with Crippen LogP contribution < -0.4 is 11.1 Å². The Morgan fingerprint density at radius 2 is 2.24 bits per heavy atom. The number of rotatable bonds is 3. The molecule has 21 heavy (non-hydrogen) atoms. The molecule has 0 bridgehead atoms. The molecule has 2 heterocycles. The summed E-state index contributed by atoms with van der Waals surface area (Å²) in [5, 5.41) is 20.7. The number of tetrazole rings is 1. The second-order valence-corrected chi connectivity index (χ2v) is 4.16. The standard InChI is InChI=1S/C11H10N8O2/c1-19-10(14-17-18-19)6-3-2-4-7(5-6)13-11(20)8-9(12)16-21-15-8/h2-5H,1H3,(H2,12,16)(H,13,20). The van der Waals surface area contributed by atoms with Crippen molar-refractivity contribution in [3.8, 4) is 11.4 Å². The summed E-state index contributed by atoms with van der Waals surface area (Å²) in [7, 11) is 1.72. The lowest BCUT2D eigenvalue weighted by molar-refractivity contribution is 0.101. The number of nitrogens with two attached hydrogens (primary N) is 1. The summed E-state index contributed by atoms with van der Waals surface area (Å²) in [6.45, 7) is 0. The van der Waals surface area contributed by atoms with Crippen LogP contribution in [0.4, 0.5) is 11.5 Å². The average Bonchev–Trinajstić information content (AvgIpc) is 3.07. The number of benzene rings is 1. The summed E-state index contributed by atoms with van der Waals surface area (Å²) in [5.41, 5.74) is 6.70. The molecule has 3 rings (SSSR count). The number of nitrogens with one attached hydrogen (secondary N) is 1. The first-order valence-electron chi connectivity index (χ1n) is 5.87. The third kappa shape index (κ3) is 2.41. The van der Waals surface area contributed by atoms with E-state index >= 15 is 0 Å². The third-order valence-corrected chi connectivity index (χ3v) is 2.73. The van der Waals surface area contributed by atoms with Crippen molar-refractivity contribution < 1.29 is 9.42 Å². The minimum atomic E-state index is -0.512. The zero-order valence-electron chi connectivity index (χ0n) is 10.9. The monoisotopic (exact) mass is 286 g/mol. The number of aryl methyl sites for hydroxylation is 1. The fourth-order valence-electron chi connectivity index (χ4n) is 1.75. The van der Waals surface area contributed by atoms with Gasteiger partial charge in [0.25, 0.3) is 5.91 Å². The molecule has 106 valence electrons. The molecule has 2 aromatic heterocycles. The molecule has 1 aromatic carbocycles. The van der Waals surface area contributed by atoms with Crippen LogP contribution >= 0.6 is 0 Å². The Balaban J connectivity index is 1.86. The molecule has 0 fully saturated rings. The second-order valence-electron chi connectivity index (χ2n) is 4.16. The van der Waals surface area contributed by atoms with Gasteiger partial charge in [-0.1, -0.05) is 12.1 Å². The number of hydrogen-bond donors (Lipinski definition) is 2. The van der Waals surface area contributed by atoms with E-state index in [1.54, 1.807) is 25.2 Å². The summed E-state index contributed by atoms with van der Waals surface area (Å²) in [4.78, 5) is 12.0. The highest BCUT2D eigenvalue weighted by molar-refractivity contribution is 6.05. The molecule has 10 nitrogen and oxygen atoms in total. The number of carbonyl (C=O) groups is 1. The van der Waals surface area contributed by atoms with Gasteiger partial charge in [-0.3, -0.25) is 4.79 Å². The molecule has 0 saturated heterocycles. The molecule has 0 aliphatic carbocycles. The molecule has 0 saturated carbocycles. The van der Waals surface area contributed by atoms with E-state index in [1.165, 1.54) is 4.68 Å². The maximum Gasteiger partial charge on any atom is 0.281 e. The number of nitrogens with zero attached hydrogens (tertiary/aromatic N) is 6. The molecule has 0 spiro atoms. The molecule has 3 N–H and O–H groups in total. The smallest absolute Gasteiger partial charge is 0.281 e. The van der Waals surface area contributed by atoms with Crippen molar-refractivity contribution in [2.75, 3.05) is 11.1 Å². The van der Waals surface area contributed by atoms with Gasteiger partial charge in [-0.05, 0) is 32.9 Å². The zero-order valence-corrected chi connectivity index (χ0v) is 10.9. The number of nitrogen functional groups attached to an aromatic ring is 1. The van der Waals surface area contributed by atoms with Crippen LogP contribution in [-0.2, 0) is 7.05 Å². The molecule has 0 aliphatic rings. The van der Waals surface area contributed by atoms with Gasteiger partial charge in [0.05, 0.1) is 0 Å². The molecule has 1 amide bonds. The fraction of sp³-hybridized carbons (Fsp3) is 0.0909. The Morgan fingerprint density at radius 3 is 2.90 bits per heavy atom. The molecular weight excluding hydrogens is 276 g/mol. The van der Waals surface area contributed by atoms with Crippen molar-refractivity contribution in [2.45, 2.75) is 0 Å². The van der Waals surface area contributed by atoms with Crippen molar-refractivity contribution in [3.63, 3.8) is 0 Å². The number of amides is 1. The topological polar surface area (TPSA) is 138 Å². The van der Waals surface area contributed by atoms with E-state index in [0.29, 0.717) is 11.5 Å². The highest BCUT2D eigenvalue weighted by Gasteiger charge is 2.16. The van der Waals surface area contributed by atoms with Crippen molar-refractivity contribution in [3.05, 3.63) is 30.0 Å². The van der Waals surface area contributed by atoms with Crippen LogP contribution in [0.1, 0.15) is 10.5 Å². The second kappa shape index (κ2) is 5.00. The summed E-state index contributed by atoms with van der Waals surface area (Å²) >= 11 is 0. The number of carbonyl (C=O) groups excluding carboxylic acids is 1. The molecule has 10 heteroatoms. The van der Waals surface area contributed by atoms with Gasteiger partial charge in [-0.15, -0.1) is 5.10 Å². The molecule has 0 unspecified atom stereocenters. The molecular formula is C11H10N8O2. The van der Waals surface area contributed by atoms with Gasteiger partial charge in [0, 0.05) is 18.3 Å². The van der Waals surface area contributed by atoms with Crippen LogP contribution in [-0.4, -0.2) is 36.4 Å². The van der Waals surface area contributed by atoms with E-state index in [1.807, 2.05) is 6.07 Å².